The molecular weight excluding hydrogens is 450 g/mol. The minimum absolute atomic E-state index is 0. The second kappa shape index (κ2) is 8.94. The molecular formula is C25H41N5O3S. The van der Waals surface area contributed by atoms with Crippen LogP contribution in [0.4, 0.5) is 5.82 Å². The Morgan fingerprint density at radius 3 is 2.41 bits per heavy atom. The van der Waals surface area contributed by atoms with Gasteiger partial charge in [-0.2, -0.15) is 12.7 Å². The largest absolute Gasteiger partial charge is 0.351 e. The van der Waals surface area contributed by atoms with Crippen LogP contribution in [-0.4, -0.2) is 54.8 Å². The minimum Gasteiger partial charge on any atom is -0.351 e. The number of aromatic nitrogens is 1. The third-order valence-electron chi connectivity index (χ3n) is 6.71. The Morgan fingerprint density at radius 2 is 1.85 bits per heavy atom. The van der Waals surface area contributed by atoms with Crippen LogP contribution in [0.5, 0.6) is 0 Å². The van der Waals surface area contributed by atoms with E-state index in [1.165, 1.54) is 4.31 Å². The number of nitrogens with one attached hydrogen (secondary N) is 1. The van der Waals surface area contributed by atoms with Crippen molar-refractivity contribution in [3.8, 4) is 11.3 Å². The highest BCUT2D eigenvalue weighted by Gasteiger charge is 2.39. The molecule has 2 fully saturated rings. The smallest absolute Gasteiger partial charge is 0.304 e. The summed E-state index contributed by atoms with van der Waals surface area (Å²) in [6.45, 7) is 11.8. The van der Waals surface area contributed by atoms with Gasteiger partial charge in [-0.25, -0.2) is 9.71 Å². The van der Waals surface area contributed by atoms with Crippen molar-refractivity contribution in [3.05, 3.63) is 47.0 Å². The number of pyridine rings is 1. The molecule has 2 aliphatic rings. The first-order valence-corrected chi connectivity index (χ1v) is 13.2. The summed E-state index contributed by atoms with van der Waals surface area (Å²) in [5.41, 5.74) is 9.88. The van der Waals surface area contributed by atoms with Gasteiger partial charge in [0.25, 0.3) is 5.91 Å². The van der Waals surface area contributed by atoms with E-state index in [1.807, 2.05) is 13.8 Å². The van der Waals surface area contributed by atoms with E-state index < -0.39 is 16.1 Å². The molecule has 34 heavy (non-hydrogen) atoms. The first kappa shape index (κ1) is 24.6. The van der Waals surface area contributed by atoms with Gasteiger partial charge >= 0.3 is 10.2 Å². The summed E-state index contributed by atoms with van der Waals surface area (Å²) in [5.74, 6) is 0.259. The molecule has 0 radical (unpaired) electrons. The van der Waals surface area contributed by atoms with E-state index in [0.29, 0.717) is 24.7 Å². The zero-order valence-corrected chi connectivity index (χ0v) is 21.4. The second-order valence-electron chi connectivity index (χ2n) is 10.5. The number of nitrogens with zero attached hydrogens (tertiary/aromatic N) is 3. The third-order valence-corrected chi connectivity index (χ3v) is 8.17. The van der Waals surface area contributed by atoms with Crippen LogP contribution >= 0.6 is 0 Å². The summed E-state index contributed by atoms with van der Waals surface area (Å²) < 4.78 is 29.2. The lowest BCUT2D eigenvalue weighted by Crippen LogP contribution is -2.44. The maximum absolute atomic E-state index is 13.3. The predicted octanol–water partition coefficient (Wildman–Crippen LogP) is 3.74. The summed E-state index contributed by atoms with van der Waals surface area (Å²) in [5, 5.41) is 0. The SMILES string of the molecule is Cc1cc(C)cc(-c2ccc(C(=O)NS(=O)(=O)N3CC[C@H](N)C3)c(N3C[C@@H](C)CC3(C)C)n2)c1.[HH].[HH].[HH]. The molecule has 0 unspecified atom stereocenters. The van der Waals surface area contributed by atoms with Crippen LogP contribution < -0.4 is 15.4 Å². The molecule has 2 aromatic rings. The third kappa shape index (κ3) is 4.96. The lowest BCUT2D eigenvalue weighted by molar-refractivity contribution is 0.0979. The average molecular weight is 492 g/mol. The van der Waals surface area contributed by atoms with Crippen molar-refractivity contribution in [1.82, 2.24) is 14.0 Å². The first-order chi connectivity index (χ1) is 15.9. The zero-order chi connectivity index (χ0) is 24.8. The Bertz CT molecular complexity index is 1210. The molecule has 1 aromatic carbocycles. The number of rotatable bonds is 5. The number of benzene rings is 1. The molecule has 2 aliphatic heterocycles. The summed E-state index contributed by atoms with van der Waals surface area (Å²) in [7, 11) is -3.99. The Balaban J connectivity index is 0.00000228. The van der Waals surface area contributed by atoms with Crippen molar-refractivity contribution in [3.63, 3.8) is 0 Å². The fourth-order valence-corrected chi connectivity index (χ4v) is 6.49. The van der Waals surface area contributed by atoms with Gasteiger partial charge in [-0.1, -0.05) is 24.1 Å². The Hall–Kier alpha value is -2.49. The van der Waals surface area contributed by atoms with E-state index in [4.69, 9.17) is 10.7 Å². The van der Waals surface area contributed by atoms with Gasteiger partial charge < -0.3 is 10.6 Å². The van der Waals surface area contributed by atoms with E-state index in [-0.39, 0.29) is 28.0 Å². The number of hydrogen-bond donors (Lipinski definition) is 2. The number of aryl methyl sites for hydroxylation is 2. The second-order valence-corrected chi connectivity index (χ2v) is 12.2. The highest BCUT2D eigenvalue weighted by atomic mass is 32.2. The monoisotopic (exact) mass is 491 g/mol. The molecule has 2 saturated heterocycles. The maximum atomic E-state index is 13.3. The van der Waals surface area contributed by atoms with Gasteiger partial charge in [0, 0.05) is 41.1 Å². The maximum Gasteiger partial charge on any atom is 0.304 e. The first-order valence-electron chi connectivity index (χ1n) is 11.8. The van der Waals surface area contributed by atoms with Crippen molar-refractivity contribution in [2.45, 2.75) is 59.0 Å². The Labute approximate surface area is 207 Å². The van der Waals surface area contributed by atoms with Crippen molar-refractivity contribution in [1.29, 1.82) is 0 Å². The van der Waals surface area contributed by atoms with E-state index in [2.05, 4.69) is 48.6 Å². The molecule has 0 saturated carbocycles. The van der Waals surface area contributed by atoms with Crippen LogP contribution in [0.15, 0.2) is 30.3 Å². The van der Waals surface area contributed by atoms with E-state index in [0.717, 1.165) is 35.3 Å². The van der Waals surface area contributed by atoms with Crippen LogP contribution in [0.25, 0.3) is 11.3 Å². The molecule has 3 N–H and O–H groups in total. The molecule has 8 nitrogen and oxygen atoms in total. The molecule has 1 amide bonds. The molecule has 190 valence electrons. The molecule has 1 aromatic heterocycles. The van der Waals surface area contributed by atoms with Crippen LogP contribution in [0.2, 0.25) is 0 Å². The molecule has 0 aliphatic carbocycles. The van der Waals surface area contributed by atoms with Crippen molar-refractivity contribution < 1.29 is 17.5 Å². The van der Waals surface area contributed by atoms with Gasteiger partial charge in [0.05, 0.1) is 11.3 Å². The van der Waals surface area contributed by atoms with Gasteiger partial charge in [-0.05, 0) is 70.7 Å². The number of carbonyl (C=O) groups excluding carboxylic acids is 1. The summed E-state index contributed by atoms with van der Waals surface area (Å²) >= 11 is 0. The standard InChI is InChI=1S/C25H35N5O3S.3H2/c1-16-10-17(2)12-19(11-16)22-7-6-21(23(27-22)30-14-18(3)13-25(30,4)5)24(31)28-34(32,33)29-9-8-20(26)15-29;;;/h6-7,10-12,18,20H,8-9,13-15,26H2,1-5H3,(H,28,31);3*1H/t18-,20-;;;/m0.../s1. The number of carbonyl (C=O) groups is 1. The topological polar surface area (TPSA) is 109 Å². The van der Waals surface area contributed by atoms with Crippen LogP contribution in [-0.2, 0) is 10.2 Å². The zero-order valence-electron chi connectivity index (χ0n) is 20.6. The number of amides is 1. The Kier molecular flexibility index (Phi) is 6.48. The summed E-state index contributed by atoms with van der Waals surface area (Å²) in [6, 6.07) is 9.50. The summed E-state index contributed by atoms with van der Waals surface area (Å²) in [4.78, 5) is 20.4. The van der Waals surface area contributed by atoms with E-state index in [9.17, 15) is 13.2 Å². The van der Waals surface area contributed by atoms with Crippen molar-refractivity contribution in [2.75, 3.05) is 24.5 Å². The molecule has 0 bridgehead atoms. The van der Waals surface area contributed by atoms with Gasteiger partial charge in [0.15, 0.2) is 0 Å². The van der Waals surface area contributed by atoms with Crippen molar-refractivity contribution >= 4 is 21.9 Å². The predicted molar refractivity (Wildman–Crippen MR) is 141 cm³/mol. The highest BCUT2D eigenvalue weighted by molar-refractivity contribution is 7.87. The van der Waals surface area contributed by atoms with Crippen LogP contribution in [0, 0.1) is 19.8 Å². The minimum atomic E-state index is -3.99. The average Bonchev–Trinajstić information content (AvgIpc) is 3.28. The number of nitrogens with two attached hydrogens (primary N) is 1. The fourth-order valence-electron chi connectivity index (χ4n) is 5.28. The lowest BCUT2D eigenvalue weighted by Gasteiger charge is -2.34. The van der Waals surface area contributed by atoms with Crippen LogP contribution in [0.3, 0.4) is 0 Å². The Morgan fingerprint density at radius 1 is 1.18 bits per heavy atom. The lowest BCUT2D eigenvalue weighted by atomic mass is 9.97. The molecule has 4 rings (SSSR count). The normalized spacial score (nSPS) is 22.8. The van der Waals surface area contributed by atoms with E-state index >= 15 is 0 Å². The number of hydrogen-bond acceptors (Lipinski definition) is 6. The quantitative estimate of drug-likeness (QED) is 0.660. The molecule has 3 heterocycles. The van der Waals surface area contributed by atoms with Gasteiger partial charge in [-0.15, -0.1) is 0 Å². The van der Waals surface area contributed by atoms with Crippen molar-refractivity contribution in [2.24, 2.45) is 11.7 Å². The summed E-state index contributed by atoms with van der Waals surface area (Å²) in [6.07, 6.45) is 1.53. The van der Waals surface area contributed by atoms with E-state index in [1.54, 1.807) is 12.1 Å². The molecule has 0 spiro atoms. The highest BCUT2D eigenvalue weighted by Crippen LogP contribution is 2.38. The van der Waals surface area contributed by atoms with Gasteiger partial charge in [-0.3, -0.25) is 4.79 Å². The fraction of sp³-hybridized carbons (Fsp3) is 0.520. The number of anilines is 1. The van der Waals surface area contributed by atoms with Crippen LogP contribution in [0.1, 0.15) is 59.4 Å². The van der Waals surface area contributed by atoms with Gasteiger partial charge in [0.1, 0.15) is 5.82 Å². The molecule has 2 atom stereocenters. The molecule has 9 heteroatoms. The van der Waals surface area contributed by atoms with Gasteiger partial charge in [0.2, 0.25) is 0 Å².